The Kier molecular flexibility index (Phi) is 52.6. The van der Waals surface area contributed by atoms with Crippen molar-refractivity contribution in [2.24, 2.45) is 0 Å². The normalized spacial score (nSPS) is 19.2. The number of amides is 1. The topological polar surface area (TPSA) is 149 Å². The number of aliphatic hydroxyl groups excluding tert-OH is 5. The van der Waals surface area contributed by atoms with Crippen LogP contribution >= 0.6 is 0 Å². The van der Waals surface area contributed by atoms with Crippen molar-refractivity contribution in [3.8, 4) is 0 Å². The first-order valence-corrected chi connectivity index (χ1v) is 32.4. The minimum absolute atomic E-state index is 0.186. The zero-order valence-electron chi connectivity index (χ0n) is 49.1. The van der Waals surface area contributed by atoms with E-state index in [1.807, 2.05) is 6.08 Å². The lowest BCUT2D eigenvalue weighted by Crippen LogP contribution is -2.60. The lowest BCUT2D eigenvalue weighted by Gasteiger charge is -2.40. The largest absolute Gasteiger partial charge is 0.394 e. The summed E-state index contributed by atoms with van der Waals surface area (Å²) in [6.45, 7) is 3.78. The summed E-state index contributed by atoms with van der Waals surface area (Å²) in [7, 11) is 0. The molecule has 1 amide bonds. The SMILES string of the molecule is CCCCCCCCCC/C=C\CCCCCCCCCCCCCCCCCCCCCCCC(=O)NC(COC1OC(CO)C(O)C(O)C1O)C(O)/C=C/CC/C=C/CC/C=C/CCCCCCCCCCC. The Morgan fingerprint density at radius 3 is 1.12 bits per heavy atom. The molecule has 1 rings (SSSR count). The fraction of sp³-hybridized carbons (Fsp3) is 0.864. The molecule has 0 radical (unpaired) electrons. The minimum atomic E-state index is -1.57. The van der Waals surface area contributed by atoms with Crippen LogP contribution in [0.5, 0.6) is 0 Å². The number of nitrogens with one attached hydrogen (secondary N) is 1. The average molecular weight is 1060 g/mol. The maximum atomic E-state index is 13.1. The monoisotopic (exact) mass is 1060 g/mol. The van der Waals surface area contributed by atoms with Gasteiger partial charge in [0.25, 0.3) is 0 Å². The first-order chi connectivity index (χ1) is 36.8. The highest BCUT2D eigenvalue weighted by Crippen LogP contribution is 2.23. The summed E-state index contributed by atoms with van der Waals surface area (Å²) < 4.78 is 11.3. The second-order valence-electron chi connectivity index (χ2n) is 22.5. The van der Waals surface area contributed by atoms with Crippen LogP contribution in [0.25, 0.3) is 0 Å². The molecule has 0 saturated carbocycles. The van der Waals surface area contributed by atoms with Crippen molar-refractivity contribution in [1.29, 1.82) is 0 Å². The molecule has 7 unspecified atom stereocenters. The molecule has 1 aliphatic rings. The van der Waals surface area contributed by atoms with E-state index in [0.717, 1.165) is 44.9 Å². The number of hydrogen-bond acceptors (Lipinski definition) is 8. The van der Waals surface area contributed by atoms with E-state index in [0.29, 0.717) is 6.42 Å². The third kappa shape index (κ3) is 44.7. The van der Waals surface area contributed by atoms with Crippen LogP contribution in [0.4, 0.5) is 0 Å². The Bertz CT molecular complexity index is 1320. The highest BCUT2D eigenvalue weighted by atomic mass is 16.7. The van der Waals surface area contributed by atoms with Crippen LogP contribution in [0, 0.1) is 0 Å². The van der Waals surface area contributed by atoms with Gasteiger partial charge in [-0.25, -0.2) is 0 Å². The Labute approximate surface area is 463 Å². The molecular weight excluding hydrogens is 935 g/mol. The van der Waals surface area contributed by atoms with Gasteiger partial charge in [-0.05, 0) is 70.6 Å². The molecule has 6 N–H and O–H groups in total. The van der Waals surface area contributed by atoms with Gasteiger partial charge in [0.1, 0.15) is 24.4 Å². The molecule has 0 spiro atoms. The number of aliphatic hydroxyl groups is 5. The van der Waals surface area contributed by atoms with E-state index in [2.05, 4.69) is 55.6 Å². The number of carbonyl (C=O) groups excluding carboxylic acids is 1. The molecular formula is C66H123NO8. The Hall–Kier alpha value is -1.85. The molecule has 1 fully saturated rings. The van der Waals surface area contributed by atoms with Gasteiger partial charge in [0.15, 0.2) is 6.29 Å². The molecule has 7 atom stereocenters. The molecule has 0 aromatic rings. The highest BCUT2D eigenvalue weighted by Gasteiger charge is 2.44. The van der Waals surface area contributed by atoms with Crippen molar-refractivity contribution < 1.29 is 39.8 Å². The van der Waals surface area contributed by atoms with Crippen LogP contribution in [0.1, 0.15) is 309 Å². The molecule has 0 aliphatic carbocycles. The lowest BCUT2D eigenvalue weighted by molar-refractivity contribution is -0.302. The molecule has 0 aromatic heterocycles. The van der Waals surface area contributed by atoms with Crippen LogP contribution in [0.15, 0.2) is 48.6 Å². The highest BCUT2D eigenvalue weighted by molar-refractivity contribution is 5.76. The molecule has 75 heavy (non-hydrogen) atoms. The van der Waals surface area contributed by atoms with Crippen molar-refractivity contribution in [2.45, 2.75) is 352 Å². The third-order valence-electron chi connectivity index (χ3n) is 15.4. The van der Waals surface area contributed by atoms with Crippen LogP contribution in [0.3, 0.4) is 0 Å². The summed E-state index contributed by atoms with van der Waals surface area (Å²) in [5.74, 6) is -0.186. The maximum absolute atomic E-state index is 13.1. The first kappa shape index (κ1) is 71.2. The molecule has 9 heteroatoms. The summed E-state index contributed by atoms with van der Waals surface area (Å²) in [4.78, 5) is 13.1. The molecule has 1 heterocycles. The van der Waals surface area contributed by atoms with Gasteiger partial charge in [0.05, 0.1) is 25.4 Å². The average Bonchev–Trinajstić information content (AvgIpc) is 3.41. The van der Waals surface area contributed by atoms with E-state index in [-0.39, 0.29) is 12.5 Å². The van der Waals surface area contributed by atoms with Crippen molar-refractivity contribution >= 4 is 5.91 Å². The van der Waals surface area contributed by atoms with Gasteiger partial charge in [-0.3, -0.25) is 4.79 Å². The van der Waals surface area contributed by atoms with Crippen LogP contribution in [-0.4, -0.2) is 87.5 Å². The number of rotatable bonds is 56. The third-order valence-corrected chi connectivity index (χ3v) is 15.4. The number of carbonyl (C=O) groups is 1. The van der Waals surface area contributed by atoms with E-state index in [1.165, 1.54) is 244 Å². The predicted molar refractivity (Wildman–Crippen MR) is 318 cm³/mol. The van der Waals surface area contributed by atoms with Gasteiger partial charge < -0.3 is 40.3 Å². The summed E-state index contributed by atoms with van der Waals surface area (Å²) >= 11 is 0. The van der Waals surface area contributed by atoms with Crippen LogP contribution in [0.2, 0.25) is 0 Å². The van der Waals surface area contributed by atoms with Crippen LogP contribution < -0.4 is 5.32 Å². The predicted octanol–water partition coefficient (Wildman–Crippen LogP) is 16.9. The van der Waals surface area contributed by atoms with Gasteiger partial charge in [-0.2, -0.15) is 0 Å². The fourth-order valence-electron chi connectivity index (χ4n) is 10.2. The van der Waals surface area contributed by atoms with E-state index in [4.69, 9.17) is 9.47 Å². The van der Waals surface area contributed by atoms with Crippen molar-refractivity contribution in [1.82, 2.24) is 5.32 Å². The molecule has 0 aromatic carbocycles. The fourth-order valence-corrected chi connectivity index (χ4v) is 10.2. The van der Waals surface area contributed by atoms with Gasteiger partial charge in [0.2, 0.25) is 5.91 Å². The van der Waals surface area contributed by atoms with Crippen LogP contribution in [-0.2, 0) is 14.3 Å². The molecule has 0 bridgehead atoms. The number of ether oxygens (including phenoxy) is 2. The van der Waals surface area contributed by atoms with E-state index in [1.54, 1.807) is 6.08 Å². The molecule has 1 saturated heterocycles. The molecule has 9 nitrogen and oxygen atoms in total. The lowest BCUT2D eigenvalue weighted by atomic mass is 9.99. The van der Waals surface area contributed by atoms with Crippen molar-refractivity contribution in [2.75, 3.05) is 13.2 Å². The number of allylic oxidation sites excluding steroid dienone is 7. The Morgan fingerprint density at radius 1 is 0.440 bits per heavy atom. The zero-order chi connectivity index (χ0) is 54.3. The summed E-state index contributed by atoms with van der Waals surface area (Å²) in [5, 5.41) is 54.6. The van der Waals surface area contributed by atoms with Gasteiger partial charge in [0, 0.05) is 6.42 Å². The van der Waals surface area contributed by atoms with Gasteiger partial charge in [-0.1, -0.05) is 281 Å². The second kappa shape index (κ2) is 55.5. The number of unbranched alkanes of at least 4 members (excludes halogenated alkanes) is 40. The zero-order valence-corrected chi connectivity index (χ0v) is 49.1. The van der Waals surface area contributed by atoms with Crippen molar-refractivity contribution in [3.63, 3.8) is 0 Å². The Balaban J connectivity index is 2.14. The van der Waals surface area contributed by atoms with Crippen molar-refractivity contribution in [3.05, 3.63) is 48.6 Å². The smallest absolute Gasteiger partial charge is 0.220 e. The summed E-state index contributed by atoms with van der Waals surface area (Å²) in [6.07, 6.45) is 67.8. The first-order valence-electron chi connectivity index (χ1n) is 32.4. The summed E-state index contributed by atoms with van der Waals surface area (Å²) in [6, 6.07) is -0.828. The Morgan fingerprint density at radius 2 is 0.760 bits per heavy atom. The van der Waals surface area contributed by atoms with E-state index < -0.39 is 49.5 Å². The van der Waals surface area contributed by atoms with E-state index in [9.17, 15) is 30.3 Å². The summed E-state index contributed by atoms with van der Waals surface area (Å²) in [5.41, 5.74) is 0. The standard InChI is InChI=1S/C66H123NO8/c1-3-5-7-9-11-13-15-17-19-21-23-24-25-26-27-28-29-30-31-32-33-34-35-36-38-40-42-44-46-48-50-52-54-56-62(70)67-59(58-74-66-65(73)64(72)63(71)61(57-68)75-66)60(69)55-53-51-49-47-45-43-41-39-37-22-20-18-16-14-12-10-8-6-4-2/h21,23,37,39,45,47,53,55,59-61,63-66,68-69,71-73H,3-20,22,24-36,38,40-44,46,48-52,54,56-58H2,1-2H3,(H,67,70)/b23-21-,39-37+,47-45+,55-53+. The second-order valence-corrected chi connectivity index (χ2v) is 22.5. The minimum Gasteiger partial charge on any atom is -0.394 e. The quantitative estimate of drug-likeness (QED) is 0.0261. The number of hydrogen-bond donors (Lipinski definition) is 6. The molecule has 440 valence electrons. The maximum Gasteiger partial charge on any atom is 0.220 e. The van der Waals surface area contributed by atoms with E-state index >= 15 is 0 Å². The van der Waals surface area contributed by atoms with Gasteiger partial charge >= 0.3 is 0 Å². The van der Waals surface area contributed by atoms with Gasteiger partial charge in [-0.15, -0.1) is 0 Å². The molecule has 1 aliphatic heterocycles.